The summed E-state index contributed by atoms with van der Waals surface area (Å²) in [4.78, 5) is 0. The zero-order valence-corrected chi connectivity index (χ0v) is 19.1. The molecule has 0 fully saturated rings. The summed E-state index contributed by atoms with van der Waals surface area (Å²) in [6, 6.07) is 0. The average Bonchev–Trinajstić information content (AvgIpc) is 2.70. The van der Waals surface area contributed by atoms with Gasteiger partial charge in [0.15, 0.2) is 0 Å². The number of rotatable bonds is 0. The largest absolute Gasteiger partial charge is 1.00 e. The van der Waals surface area contributed by atoms with Crippen LogP contribution in [0.5, 0.6) is 0 Å². The van der Waals surface area contributed by atoms with Crippen molar-refractivity contribution in [3.63, 3.8) is 0 Å². The summed E-state index contributed by atoms with van der Waals surface area (Å²) in [6.45, 7) is 17.3. The Hall–Kier alpha value is 0.471. The van der Waals surface area contributed by atoms with Gasteiger partial charge in [-0.2, -0.15) is 11.1 Å². The van der Waals surface area contributed by atoms with Crippen LogP contribution in [0.3, 0.4) is 0 Å². The van der Waals surface area contributed by atoms with Gasteiger partial charge in [0.25, 0.3) is 0 Å². The normalized spacial score (nSPS) is 21.4. The summed E-state index contributed by atoms with van der Waals surface area (Å²) in [5.74, 6) is 1.13. The summed E-state index contributed by atoms with van der Waals surface area (Å²) in [7, 11) is 0. The Morgan fingerprint density at radius 1 is 0.818 bits per heavy atom. The molecule has 0 radical (unpaired) electrons. The molecule has 0 amide bonds. The molecule has 0 saturated carbocycles. The summed E-state index contributed by atoms with van der Waals surface area (Å²) >= 11 is 2.27. The third kappa shape index (κ3) is 13.0. The molecule has 0 aromatic heterocycles. The molecular weight excluding hydrogens is 363 g/mol. The molecule has 22 heavy (non-hydrogen) atoms. The van der Waals surface area contributed by atoms with Crippen molar-refractivity contribution >= 4 is 6.19 Å². The van der Waals surface area contributed by atoms with Gasteiger partial charge >= 0.3 is 38.5 Å². The van der Waals surface area contributed by atoms with Gasteiger partial charge in [0.05, 0.1) is 0 Å². The number of allylic oxidation sites excluding steroid dienone is 8. The summed E-state index contributed by atoms with van der Waals surface area (Å²) < 4.78 is 0. The Balaban J connectivity index is -0.000000249. The molecule has 0 saturated heterocycles. The second-order valence-corrected chi connectivity index (χ2v) is 12.6. The summed E-state index contributed by atoms with van der Waals surface area (Å²) in [6.07, 6.45) is 11.1. The third-order valence-corrected chi connectivity index (χ3v) is 3.14. The van der Waals surface area contributed by atoms with Gasteiger partial charge in [-0.15, -0.1) is 0 Å². The second-order valence-electron chi connectivity index (χ2n) is 5.87. The fraction of sp³-hybridized carbons (Fsp3) is 0.556. The number of hydrogen-bond donors (Lipinski definition) is 0. The molecule has 0 aromatic carbocycles. The molecule has 2 rings (SSSR count). The number of halogens is 2. The van der Waals surface area contributed by atoms with Crippen molar-refractivity contribution in [2.75, 3.05) is 0 Å². The van der Waals surface area contributed by atoms with Crippen LogP contribution in [0.1, 0.15) is 41.5 Å². The molecule has 2 aliphatic carbocycles. The maximum atomic E-state index is 3.29. The van der Waals surface area contributed by atoms with Crippen molar-refractivity contribution in [1.82, 2.24) is 0 Å². The second kappa shape index (κ2) is 13.9. The summed E-state index contributed by atoms with van der Waals surface area (Å²) in [5, 5.41) is 0. The third-order valence-electron chi connectivity index (χ3n) is 3.14. The first-order valence-electron chi connectivity index (χ1n) is 7.21. The molecule has 0 aromatic rings. The zero-order valence-electron chi connectivity index (χ0n) is 15.1. The SMILES string of the molecule is CC1=[C-]C(C)C(C)=C1.CC1=[C-]C(C)C(C)=C1.C[Si](C)=[Ti+2].[Cl-].[Cl-]. The molecule has 0 spiro atoms. The molecule has 0 nitrogen and oxygen atoms in total. The Bertz CT molecular complexity index is 431. The first kappa shape index (κ1) is 27.3. The molecule has 0 heterocycles. The monoisotopic (exact) mass is 390 g/mol. The quantitative estimate of drug-likeness (QED) is 0.384. The molecule has 2 atom stereocenters. The Kier molecular flexibility index (Phi) is 17.2. The Morgan fingerprint density at radius 2 is 1.05 bits per heavy atom. The predicted molar refractivity (Wildman–Crippen MR) is 88.2 cm³/mol. The Labute approximate surface area is 162 Å². The molecule has 4 heteroatoms. The maximum Gasteiger partial charge on any atom is -1.00 e. The fourth-order valence-electron chi connectivity index (χ4n) is 1.93. The van der Waals surface area contributed by atoms with E-state index in [1.807, 2.05) is 0 Å². The minimum Gasteiger partial charge on any atom is -1.00 e. The van der Waals surface area contributed by atoms with Crippen LogP contribution in [0.4, 0.5) is 0 Å². The van der Waals surface area contributed by atoms with E-state index >= 15 is 0 Å². The predicted octanol–water partition coefficient (Wildman–Crippen LogP) is -0.544. The topological polar surface area (TPSA) is 0 Å². The van der Waals surface area contributed by atoms with E-state index in [0.717, 1.165) is 0 Å². The van der Waals surface area contributed by atoms with Crippen LogP contribution in [0.25, 0.3) is 0 Å². The van der Waals surface area contributed by atoms with E-state index in [2.05, 4.69) is 98.1 Å². The van der Waals surface area contributed by atoms with Crippen LogP contribution < -0.4 is 24.8 Å². The van der Waals surface area contributed by atoms with E-state index in [0.29, 0.717) is 11.8 Å². The van der Waals surface area contributed by atoms with E-state index in [9.17, 15) is 0 Å². The van der Waals surface area contributed by atoms with Gasteiger partial charge in [-0.1, -0.05) is 53.4 Å². The van der Waals surface area contributed by atoms with Gasteiger partial charge in [0, 0.05) is 0 Å². The molecule has 2 unspecified atom stereocenters. The van der Waals surface area contributed by atoms with E-state index in [1.165, 1.54) is 22.3 Å². The van der Waals surface area contributed by atoms with Gasteiger partial charge in [-0.25, -0.2) is 23.3 Å². The molecule has 0 aliphatic heterocycles. The minimum atomic E-state index is 0. The Morgan fingerprint density at radius 3 is 1.09 bits per heavy atom. The van der Waals surface area contributed by atoms with Gasteiger partial charge in [0.1, 0.15) is 0 Å². The van der Waals surface area contributed by atoms with Gasteiger partial charge in [-0.3, -0.25) is 12.2 Å². The smallest absolute Gasteiger partial charge is 1.00 e. The molecular formula is C18H28Cl2SiTi-2. The van der Waals surface area contributed by atoms with Gasteiger partial charge in [-0.05, 0) is 0 Å². The molecule has 2 aliphatic rings. The van der Waals surface area contributed by atoms with Gasteiger partial charge in [0.2, 0.25) is 0 Å². The molecule has 0 N–H and O–H groups in total. The minimum absolute atomic E-state index is 0. The van der Waals surface area contributed by atoms with Crippen molar-refractivity contribution in [2.24, 2.45) is 11.8 Å². The van der Waals surface area contributed by atoms with E-state index in [1.54, 1.807) is 0 Å². The van der Waals surface area contributed by atoms with E-state index in [4.69, 9.17) is 0 Å². The molecule has 0 bridgehead atoms. The first-order valence-corrected chi connectivity index (χ1v) is 12.1. The van der Waals surface area contributed by atoms with Crippen LogP contribution >= 0.6 is 0 Å². The van der Waals surface area contributed by atoms with Crippen LogP contribution in [-0.2, 0) is 19.2 Å². The zero-order chi connectivity index (χ0) is 15.9. The maximum absolute atomic E-state index is 3.29. The average molecular weight is 391 g/mol. The van der Waals surface area contributed by atoms with Crippen molar-refractivity contribution in [3.8, 4) is 0 Å². The molecule has 124 valence electrons. The van der Waals surface area contributed by atoms with E-state index < -0.39 is 0 Å². The van der Waals surface area contributed by atoms with Crippen molar-refractivity contribution in [3.05, 3.63) is 46.6 Å². The van der Waals surface area contributed by atoms with Crippen molar-refractivity contribution in [2.45, 2.75) is 54.6 Å². The van der Waals surface area contributed by atoms with Crippen molar-refractivity contribution in [1.29, 1.82) is 0 Å². The van der Waals surface area contributed by atoms with Crippen LogP contribution in [0.15, 0.2) is 34.4 Å². The van der Waals surface area contributed by atoms with Crippen LogP contribution in [0, 0.1) is 24.0 Å². The van der Waals surface area contributed by atoms with Crippen LogP contribution in [-0.4, -0.2) is 6.19 Å². The fourth-order valence-corrected chi connectivity index (χ4v) is 1.93. The summed E-state index contributed by atoms with van der Waals surface area (Å²) in [5.41, 5.74) is 5.44. The standard InChI is InChI=1S/2C8H11.C2H6Si.2ClH.Ti/c2*1-6-4-7(2)8(3)5-6;1-3-2;;;/h2*4,8H,1-3H3;1-2H3;2*1H;/q2*-1;;;;+2/p-2. The number of hydrogen-bond acceptors (Lipinski definition) is 0. The van der Waals surface area contributed by atoms with Crippen LogP contribution in [0.2, 0.25) is 13.1 Å². The van der Waals surface area contributed by atoms with Gasteiger partial charge < -0.3 is 24.8 Å². The van der Waals surface area contributed by atoms with E-state index in [-0.39, 0.29) is 31.0 Å². The van der Waals surface area contributed by atoms with Crippen molar-refractivity contribution < 1.29 is 44.0 Å². The first-order chi connectivity index (χ1) is 9.13.